The van der Waals surface area contributed by atoms with Crippen LogP contribution in [0.15, 0.2) is 36.4 Å². The Hall–Kier alpha value is -3.00. The van der Waals surface area contributed by atoms with Crippen LogP contribution in [0, 0.1) is 11.3 Å². The second kappa shape index (κ2) is 9.47. The number of hydrogen-bond acceptors (Lipinski definition) is 4. The maximum atomic E-state index is 13.6. The maximum Gasteiger partial charge on any atom is 0.238 e. The molecule has 3 rings (SSSR count). The normalized spacial score (nSPS) is 17.2. The van der Waals surface area contributed by atoms with Gasteiger partial charge in [0.1, 0.15) is 11.8 Å². The van der Waals surface area contributed by atoms with Crippen molar-refractivity contribution in [3.05, 3.63) is 53.1 Å². The van der Waals surface area contributed by atoms with Crippen LogP contribution in [0.2, 0.25) is 0 Å². The lowest BCUT2D eigenvalue weighted by Gasteiger charge is -2.27. The Bertz CT molecular complexity index is 900. The molecule has 29 heavy (non-hydrogen) atoms. The monoisotopic (exact) mass is 393 g/mol. The van der Waals surface area contributed by atoms with Crippen molar-refractivity contribution in [3.63, 3.8) is 0 Å². The molecule has 5 nitrogen and oxygen atoms in total. The Morgan fingerprint density at radius 1 is 1.17 bits per heavy atom. The first-order chi connectivity index (χ1) is 14.0. The Labute approximate surface area is 174 Å². The first kappa shape index (κ1) is 22.3. The molecule has 1 unspecified atom stereocenters. The average molecular weight is 394 g/mol. The minimum atomic E-state index is -0.614. The van der Waals surface area contributed by atoms with Crippen molar-refractivity contribution < 1.29 is 9.53 Å². The van der Waals surface area contributed by atoms with Crippen LogP contribution in [0.5, 0.6) is 5.75 Å². The highest BCUT2D eigenvalue weighted by Crippen LogP contribution is 2.49. The lowest BCUT2D eigenvalue weighted by atomic mass is 9.75. The third kappa shape index (κ3) is 3.93. The van der Waals surface area contributed by atoms with Crippen LogP contribution in [-0.4, -0.2) is 13.0 Å². The summed E-state index contributed by atoms with van der Waals surface area (Å²) in [5.41, 5.74) is 9.02. The van der Waals surface area contributed by atoms with Gasteiger partial charge in [-0.1, -0.05) is 46.2 Å². The predicted octanol–water partition coefficient (Wildman–Crippen LogP) is 5.17. The van der Waals surface area contributed by atoms with E-state index in [0.29, 0.717) is 29.9 Å². The number of anilines is 2. The van der Waals surface area contributed by atoms with E-state index in [4.69, 9.17) is 10.5 Å². The first-order valence-corrected chi connectivity index (χ1v) is 10.3. The van der Waals surface area contributed by atoms with Gasteiger partial charge in [-0.3, -0.25) is 4.79 Å². The van der Waals surface area contributed by atoms with E-state index in [1.807, 2.05) is 51.1 Å². The van der Waals surface area contributed by atoms with Gasteiger partial charge in [0.25, 0.3) is 0 Å². The number of methoxy groups -OCH3 is 1. The highest BCUT2D eigenvalue weighted by molar-refractivity contribution is 6.09. The van der Waals surface area contributed by atoms with Gasteiger partial charge in [-0.25, -0.2) is 0 Å². The summed E-state index contributed by atoms with van der Waals surface area (Å²) in [5.74, 6) is 0.825. The third-order valence-electron chi connectivity index (χ3n) is 5.47. The molecule has 2 N–H and O–H groups in total. The van der Waals surface area contributed by atoms with Crippen LogP contribution in [0.25, 0.3) is 0 Å². The van der Waals surface area contributed by atoms with E-state index in [9.17, 15) is 10.1 Å². The molecule has 1 heterocycles. The third-order valence-corrected chi connectivity index (χ3v) is 5.47. The van der Waals surface area contributed by atoms with Crippen molar-refractivity contribution >= 4 is 17.3 Å². The lowest BCUT2D eigenvalue weighted by molar-refractivity contribution is -0.123. The molecule has 2 aromatic rings. The average Bonchev–Trinajstić information content (AvgIpc) is 2.98. The number of amides is 1. The predicted molar refractivity (Wildman–Crippen MR) is 118 cm³/mol. The number of benzene rings is 2. The lowest BCUT2D eigenvalue weighted by Crippen LogP contribution is -2.39. The fraction of sp³-hybridized carbons (Fsp3) is 0.417. The summed E-state index contributed by atoms with van der Waals surface area (Å²) in [6.07, 6.45) is 2.30. The summed E-state index contributed by atoms with van der Waals surface area (Å²) >= 11 is 0. The number of fused-ring (bicyclic) bond motifs is 1. The van der Waals surface area contributed by atoms with Crippen LogP contribution >= 0.6 is 0 Å². The van der Waals surface area contributed by atoms with E-state index in [-0.39, 0.29) is 5.91 Å². The largest absolute Gasteiger partial charge is 0.497 e. The maximum absolute atomic E-state index is 13.6. The molecule has 2 aromatic carbocycles. The van der Waals surface area contributed by atoms with Gasteiger partial charge in [-0.2, -0.15) is 5.26 Å². The quantitative estimate of drug-likeness (QED) is 0.687. The number of carbonyl (C=O) groups is 1. The minimum Gasteiger partial charge on any atom is -0.497 e. The Balaban J connectivity index is 0.00000145. The molecule has 1 atom stereocenters. The molecular formula is C24H31N3O2. The van der Waals surface area contributed by atoms with Crippen LogP contribution < -0.4 is 15.4 Å². The first-order valence-electron chi connectivity index (χ1n) is 10.3. The molecule has 5 heteroatoms. The van der Waals surface area contributed by atoms with Gasteiger partial charge in [0.2, 0.25) is 5.91 Å². The summed E-state index contributed by atoms with van der Waals surface area (Å²) in [6.45, 7) is 8.53. The topological polar surface area (TPSA) is 79.3 Å². The summed E-state index contributed by atoms with van der Waals surface area (Å²) in [6, 6.07) is 13.4. The second-order valence-electron chi connectivity index (χ2n) is 7.00. The standard InChI is InChI=1S/C22H25N3O2.C2H6/c1-4-10-22(5-2)19-12-17(24)11-16(13-23)20(19)25(21(22)26)14-15-6-8-18(27-3)9-7-15;1-2/h6-9,11-12H,4-5,10,14,24H2,1-3H3;1-2H3. The van der Waals surface area contributed by atoms with Crippen molar-refractivity contribution in [2.75, 3.05) is 17.7 Å². The SMILES string of the molecule is CC.CCCC1(CC)C(=O)N(Cc2ccc(OC)cc2)c2c(C#N)cc(N)cc21. The van der Waals surface area contributed by atoms with E-state index in [0.717, 1.165) is 29.7 Å². The molecule has 1 aliphatic heterocycles. The van der Waals surface area contributed by atoms with Gasteiger partial charge < -0.3 is 15.4 Å². The number of nitrogens with two attached hydrogens (primary N) is 1. The Morgan fingerprint density at radius 2 is 1.83 bits per heavy atom. The Morgan fingerprint density at radius 3 is 2.34 bits per heavy atom. The molecule has 0 saturated heterocycles. The van der Waals surface area contributed by atoms with Crippen LogP contribution in [0.4, 0.5) is 11.4 Å². The zero-order chi connectivity index (χ0) is 21.6. The fourth-order valence-electron chi connectivity index (χ4n) is 4.12. The zero-order valence-electron chi connectivity index (χ0n) is 18.1. The summed E-state index contributed by atoms with van der Waals surface area (Å²) in [5, 5.41) is 9.68. The van der Waals surface area contributed by atoms with E-state index >= 15 is 0 Å². The smallest absolute Gasteiger partial charge is 0.238 e. The van der Waals surface area contributed by atoms with Gasteiger partial charge in [0.05, 0.1) is 30.3 Å². The molecule has 0 radical (unpaired) electrons. The van der Waals surface area contributed by atoms with Gasteiger partial charge in [-0.05, 0) is 48.2 Å². The summed E-state index contributed by atoms with van der Waals surface area (Å²) in [7, 11) is 1.62. The highest BCUT2D eigenvalue weighted by Gasteiger charge is 2.50. The van der Waals surface area contributed by atoms with E-state index in [1.54, 1.807) is 18.1 Å². The molecule has 0 bridgehead atoms. The molecular weight excluding hydrogens is 362 g/mol. The van der Waals surface area contributed by atoms with E-state index in [2.05, 4.69) is 13.0 Å². The Kier molecular flexibility index (Phi) is 7.28. The molecule has 0 saturated carbocycles. The zero-order valence-corrected chi connectivity index (χ0v) is 18.1. The highest BCUT2D eigenvalue weighted by atomic mass is 16.5. The van der Waals surface area contributed by atoms with Crippen LogP contribution in [0.3, 0.4) is 0 Å². The number of hydrogen-bond donors (Lipinski definition) is 1. The number of rotatable bonds is 6. The number of nitriles is 1. The van der Waals surface area contributed by atoms with Crippen molar-refractivity contribution in [2.24, 2.45) is 0 Å². The molecule has 0 aliphatic carbocycles. The number of nitrogens with zero attached hydrogens (tertiary/aromatic N) is 2. The van der Waals surface area contributed by atoms with Gasteiger partial charge in [0.15, 0.2) is 0 Å². The summed E-state index contributed by atoms with van der Waals surface area (Å²) < 4.78 is 5.21. The fourth-order valence-corrected chi connectivity index (χ4v) is 4.12. The van der Waals surface area contributed by atoms with Crippen LogP contribution in [-0.2, 0) is 16.8 Å². The van der Waals surface area contributed by atoms with Gasteiger partial charge in [0, 0.05) is 5.69 Å². The van der Waals surface area contributed by atoms with Crippen molar-refractivity contribution in [1.82, 2.24) is 0 Å². The van der Waals surface area contributed by atoms with Crippen molar-refractivity contribution in [2.45, 2.75) is 58.9 Å². The summed E-state index contributed by atoms with van der Waals surface area (Å²) in [4.78, 5) is 15.3. The van der Waals surface area contributed by atoms with Crippen molar-refractivity contribution in [3.8, 4) is 11.8 Å². The van der Waals surface area contributed by atoms with Gasteiger partial charge in [-0.15, -0.1) is 0 Å². The molecule has 0 aromatic heterocycles. The van der Waals surface area contributed by atoms with E-state index < -0.39 is 5.41 Å². The van der Waals surface area contributed by atoms with Gasteiger partial charge >= 0.3 is 0 Å². The number of carbonyl (C=O) groups excluding carboxylic acids is 1. The minimum absolute atomic E-state index is 0.0553. The molecule has 1 amide bonds. The number of ether oxygens (including phenoxy) is 1. The number of nitrogen functional groups attached to an aromatic ring is 1. The molecule has 1 aliphatic rings. The molecule has 0 fully saturated rings. The van der Waals surface area contributed by atoms with Crippen molar-refractivity contribution in [1.29, 1.82) is 5.26 Å². The molecule has 0 spiro atoms. The second-order valence-corrected chi connectivity index (χ2v) is 7.00. The van der Waals surface area contributed by atoms with E-state index in [1.165, 1.54) is 0 Å². The molecule has 154 valence electrons. The van der Waals surface area contributed by atoms with Crippen LogP contribution in [0.1, 0.15) is 63.6 Å².